The summed E-state index contributed by atoms with van der Waals surface area (Å²) in [6.45, 7) is 5.56. The molecule has 3 atom stereocenters. The number of nitrogens with two attached hydrogens (primary N) is 1. The van der Waals surface area contributed by atoms with Gasteiger partial charge in [-0.05, 0) is 69.9 Å². The lowest BCUT2D eigenvalue weighted by Gasteiger charge is -2.31. The molecule has 10 nitrogen and oxygen atoms in total. The van der Waals surface area contributed by atoms with E-state index >= 15 is 0 Å². The van der Waals surface area contributed by atoms with Crippen LogP contribution in [-0.4, -0.2) is 38.9 Å². The summed E-state index contributed by atoms with van der Waals surface area (Å²) in [5.41, 5.74) is 6.23. The highest BCUT2D eigenvalue weighted by Crippen LogP contribution is 2.48. The van der Waals surface area contributed by atoms with Gasteiger partial charge in [0.25, 0.3) is 0 Å². The first-order chi connectivity index (χ1) is 18.6. The van der Waals surface area contributed by atoms with Crippen LogP contribution < -0.4 is 15.3 Å². The summed E-state index contributed by atoms with van der Waals surface area (Å²) in [6.07, 6.45) is 2.08. The molecule has 1 aliphatic rings. The van der Waals surface area contributed by atoms with Crippen molar-refractivity contribution in [3.05, 3.63) is 59.4 Å². The van der Waals surface area contributed by atoms with E-state index < -0.39 is 13.5 Å². The van der Waals surface area contributed by atoms with Crippen molar-refractivity contribution in [2.75, 3.05) is 18.9 Å². The number of ether oxygens (including phenoxy) is 1. The Morgan fingerprint density at radius 3 is 2.64 bits per heavy atom. The number of benzene rings is 2. The Kier molecular flexibility index (Phi) is 7.88. The van der Waals surface area contributed by atoms with Crippen molar-refractivity contribution in [1.82, 2.24) is 19.6 Å². The maximum absolute atomic E-state index is 14.0. The molecule has 2 heterocycles. The van der Waals surface area contributed by atoms with Gasteiger partial charge < -0.3 is 20.1 Å². The number of hydrogen-bond donors (Lipinski definition) is 3. The van der Waals surface area contributed by atoms with Crippen LogP contribution in [0.25, 0.3) is 21.9 Å². The molecule has 4 aromatic rings. The maximum atomic E-state index is 14.0. The van der Waals surface area contributed by atoms with E-state index in [4.69, 9.17) is 31.1 Å². The van der Waals surface area contributed by atoms with Crippen LogP contribution in [0.15, 0.2) is 48.5 Å². The monoisotopic (exact) mass is 573 g/mol. The van der Waals surface area contributed by atoms with Crippen LogP contribution in [-0.2, 0) is 26.2 Å². The Labute approximate surface area is 232 Å². The molecule has 12 heteroatoms. The molecule has 1 saturated carbocycles. The third kappa shape index (κ3) is 6.06. The number of halogens is 1. The zero-order valence-corrected chi connectivity index (χ0v) is 23.8. The first-order valence-corrected chi connectivity index (χ1v) is 14.9. The average molecular weight is 574 g/mol. The zero-order valence-electron chi connectivity index (χ0n) is 22.1. The van der Waals surface area contributed by atoms with Gasteiger partial charge in [0.05, 0.1) is 11.0 Å². The molecule has 2 unspecified atom stereocenters. The Bertz CT molecular complexity index is 1520. The number of rotatable bonds is 12. The molecule has 1 fully saturated rings. The summed E-state index contributed by atoms with van der Waals surface area (Å²) < 4.78 is 33.1. The van der Waals surface area contributed by atoms with Crippen LogP contribution in [0.3, 0.4) is 0 Å². The molecular formula is C27H33ClN5O5P. The Balaban J connectivity index is 1.52. The average Bonchev–Trinajstić information content (AvgIpc) is 3.68. The lowest BCUT2D eigenvalue weighted by atomic mass is 10.1. The van der Waals surface area contributed by atoms with E-state index in [-0.39, 0.29) is 25.1 Å². The number of para-hydroxylation sites is 1. The van der Waals surface area contributed by atoms with Gasteiger partial charge in [0, 0.05) is 23.1 Å². The van der Waals surface area contributed by atoms with Crippen LogP contribution in [0.4, 0.5) is 5.82 Å². The molecule has 0 amide bonds. The van der Waals surface area contributed by atoms with E-state index in [0.29, 0.717) is 45.7 Å². The molecule has 1 aliphatic carbocycles. The second kappa shape index (κ2) is 11.0. The summed E-state index contributed by atoms with van der Waals surface area (Å²) >= 11 is 6.01. The summed E-state index contributed by atoms with van der Waals surface area (Å²) in [5.74, 6) is 1.37. The predicted octanol–water partition coefficient (Wildman–Crippen LogP) is 5.61. The van der Waals surface area contributed by atoms with Gasteiger partial charge in [-0.25, -0.2) is 19.6 Å². The Hall–Kier alpha value is -2.72. The third-order valence-electron chi connectivity index (χ3n) is 6.74. The Morgan fingerprint density at radius 1 is 1.23 bits per heavy atom. The van der Waals surface area contributed by atoms with Gasteiger partial charge >= 0.3 is 7.75 Å². The maximum Gasteiger partial charge on any atom is 0.459 e. The van der Waals surface area contributed by atoms with Crippen molar-refractivity contribution in [1.29, 1.82) is 0 Å². The number of fused-ring (bicyclic) bond motifs is 3. The minimum absolute atomic E-state index is 0.106. The number of imidazole rings is 1. The highest BCUT2D eigenvalue weighted by Gasteiger charge is 2.39. The molecular weight excluding hydrogens is 541 g/mol. The number of nitrogens with zero attached hydrogens (tertiary/aromatic N) is 3. The molecule has 0 radical (unpaired) electrons. The van der Waals surface area contributed by atoms with Gasteiger partial charge in [-0.15, -0.1) is 0 Å². The summed E-state index contributed by atoms with van der Waals surface area (Å²) in [4.78, 5) is 9.15. The smallest absolute Gasteiger partial charge is 0.413 e. The normalized spacial score (nSPS) is 17.7. The number of nitrogen functional groups attached to an aromatic ring is 1. The van der Waals surface area contributed by atoms with Crippen molar-refractivity contribution in [3.8, 4) is 5.75 Å². The fourth-order valence-electron chi connectivity index (χ4n) is 4.60. The van der Waals surface area contributed by atoms with Crippen molar-refractivity contribution in [2.24, 2.45) is 5.92 Å². The molecule has 5 rings (SSSR count). The van der Waals surface area contributed by atoms with E-state index in [0.717, 1.165) is 18.2 Å². The highest BCUT2D eigenvalue weighted by molar-refractivity contribution is 7.52. The molecule has 0 spiro atoms. The van der Waals surface area contributed by atoms with E-state index in [9.17, 15) is 9.67 Å². The fraction of sp³-hybridized carbons (Fsp3) is 0.407. The fourth-order valence-corrected chi connectivity index (χ4v) is 6.43. The van der Waals surface area contributed by atoms with Gasteiger partial charge in [-0.2, -0.15) is 0 Å². The number of aliphatic hydroxyl groups is 1. The molecule has 4 N–H and O–H groups in total. The minimum atomic E-state index is -3.93. The standard InChI is InChI=1S/C27H33ClN5O5P/c1-4-36-15-23-31-24-25(21-7-5-6-8-22(21)30-26(24)29)33(23)27(3,34)16-37-39(35,32-17(2)18-9-10-18)38-20-13-11-19(28)12-14-20/h5-8,11-14,17-18,34H,4,9-10,15-16H2,1-3H3,(H2,29,30)(H,32,35)/t17-,27?,39?/m0/s1. The highest BCUT2D eigenvalue weighted by atomic mass is 35.5. The molecule has 2 aromatic heterocycles. The number of anilines is 1. The first kappa shape index (κ1) is 27.8. The summed E-state index contributed by atoms with van der Waals surface area (Å²) in [5, 5.41) is 16.2. The first-order valence-electron chi connectivity index (χ1n) is 12.9. The van der Waals surface area contributed by atoms with Crippen LogP contribution in [0.2, 0.25) is 5.02 Å². The lowest BCUT2D eigenvalue weighted by molar-refractivity contribution is -0.0610. The van der Waals surface area contributed by atoms with Crippen molar-refractivity contribution in [2.45, 2.75) is 52.0 Å². The van der Waals surface area contributed by atoms with E-state index in [1.807, 2.05) is 38.1 Å². The second-order valence-corrected chi connectivity index (χ2v) is 12.1. The number of aromatic nitrogens is 3. The zero-order chi connectivity index (χ0) is 27.8. The van der Waals surface area contributed by atoms with Gasteiger partial charge in [0.15, 0.2) is 11.5 Å². The third-order valence-corrected chi connectivity index (χ3v) is 8.64. The van der Waals surface area contributed by atoms with Gasteiger partial charge in [0.2, 0.25) is 0 Å². The molecule has 0 aliphatic heterocycles. The van der Waals surface area contributed by atoms with Crippen molar-refractivity contribution in [3.63, 3.8) is 0 Å². The molecule has 2 aromatic carbocycles. The van der Waals surface area contributed by atoms with E-state index in [1.54, 1.807) is 35.8 Å². The van der Waals surface area contributed by atoms with Crippen LogP contribution in [0.1, 0.15) is 39.4 Å². The van der Waals surface area contributed by atoms with E-state index in [2.05, 4.69) is 15.1 Å². The van der Waals surface area contributed by atoms with Crippen molar-refractivity contribution < 1.29 is 23.5 Å². The molecule has 0 saturated heterocycles. The van der Waals surface area contributed by atoms with Crippen molar-refractivity contribution >= 4 is 47.1 Å². The Morgan fingerprint density at radius 2 is 1.95 bits per heavy atom. The number of hydrogen-bond acceptors (Lipinski definition) is 8. The molecule has 0 bridgehead atoms. The van der Waals surface area contributed by atoms with Crippen LogP contribution in [0, 0.1) is 5.92 Å². The molecule has 208 valence electrons. The van der Waals surface area contributed by atoms with Crippen LogP contribution >= 0.6 is 19.3 Å². The quantitative estimate of drug-likeness (QED) is 0.185. The SMILES string of the molecule is CCOCc1nc2c(N)nc3ccccc3c2n1C(C)(O)COP(=O)(N[C@@H](C)C1CC1)Oc1ccc(Cl)cc1. The predicted molar refractivity (Wildman–Crippen MR) is 152 cm³/mol. The topological polar surface area (TPSA) is 134 Å². The molecule has 39 heavy (non-hydrogen) atoms. The van der Waals surface area contributed by atoms with E-state index in [1.165, 1.54) is 0 Å². The minimum Gasteiger partial charge on any atom is -0.413 e. The number of pyridine rings is 1. The van der Waals surface area contributed by atoms with Gasteiger partial charge in [0.1, 0.15) is 30.3 Å². The van der Waals surface area contributed by atoms with Gasteiger partial charge in [-0.3, -0.25) is 9.09 Å². The summed E-state index contributed by atoms with van der Waals surface area (Å²) in [6, 6.07) is 13.9. The summed E-state index contributed by atoms with van der Waals surface area (Å²) in [7, 11) is -3.93. The largest absolute Gasteiger partial charge is 0.459 e. The second-order valence-electron chi connectivity index (χ2n) is 10.0. The van der Waals surface area contributed by atoms with Crippen LogP contribution in [0.5, 0.6) is 5.75 Å². The van der Waals surface area contributed by atoms with Gasteiger partial charge in [-0.1, -0.05) is 29.8 Å². The lowest BCUT2D eigenvalue weighted by Crippen LogP contribution is -2.38. The number of nitrogens with one attached hydrogen (secondary N) is 1.